The van der Waals surface area contributed by atoms with Crippen LogP contribution in [0.25, 0.3) is 0 Å². The highest BCUT2D eigenvalue weighted by molar-refractivity contribution is 6.61. The molecule has 26 heavy (non-hydrogen) atoms. The highest BCUT2D eigenvalue weighted by Crippen LogP contribution is 2.20. The van der Waals surface area contributed by atoms with Crippen LogP contribution in [0.2, 0.25) is 6.04 Å². The lowest BCUT2D eigenvalue weighted by Gasteiger charge is -2.29. The molecule has 0 radical (unpaired) electrons. The third kappa shape index (κ3) is 14.9. The first-order chi connectivity index (χ1) is 12.7. The van der Waals surface area contributed by atoms with Gasteiger partial charge in [-0.3, -0.25) is 0 Å². The lowest BCUT2D eigenvalue weighted by atomic mass is 10.2. The Morgan fingerprint density at radius 1 is 0.577 bits per heavy atom. The van der Waals surface area contributed by atoms with Gasteiger partial charge in [0.1, 0.15) is 0 Å². The van der Waals surface area contributed by atoms with Crippen molar-refractivity contribution in [1.29, 1.82) is 0 Å². The molecule has 0 aromatic rings. The minimum absolute atomic E-state index is 0.772. The van der Waals surface area contributed by atoms with Gasteiger partial charge in [0.25, 0.3) is 0 Å². The summed E-state index contributed by atoms with van der Waals surface area (Å²) in [5, 5.41) is 0. The second kappa shape index (κ2) is 19.6. The Labute approximate surface area is 165 Å². The summed E-state index contributed by atoms with van der Waals surface area (Å²) < 4.78 is 19.0. The second-order valence-electron chi connectivity index (χ2n) is 7.18. The van der Waals surface area contributed by atoms with E-state index in [0.29, 0.717) is 0 Å². The Balaban J connectivity index is 4.58. The minimum atomic E-state index is -2.58. The van der Waals surface area contributed by atoms with E-state index in [2.05, 4.69) is 39.8 Å². The van der Waals surface area contributed by atoms with Gasteiger partial charge in [-0.1, -0.05) is 90.7 Å². The molecular formula is C22H46O3Si. The summed E-state index contributed by atoms with van der Waals surface area (Å²) >= 11 is 0. The first kappa shape index (κ1) is 25.8. The maximum atomic E-state index is 6.33. The molecule has 0 rings (SSSR count). The Morgan fingerprint density at radius 2 is 0.962 bits per heavy atom. The van der Waals surface area contributed by atoms with E-state index in [1.54, 1.807) is 0 Å². The molecule has 0 bridgehead atoms. The summed E-state index contributed by atoms with van der Waals surface area (Å²) in [5.41, 5.74) is 0. The second-order valence-corrected chi connectivity index (χ2v) is 9.82. The van der Waals surface area contributed by atoms with Crippen LogP contribution in [0, 0.1) is 0 Å². The molecule has 0 saturated carbocycles. The number of rotatable bonds is 20. The smallest absolute Gasteiger partial charge is 0.373 e. The molecule has 0 saturated heterocycles. The van der Waals surface area contributed by atoms with Crippen LogP contribution in [-0.4, -0.2) is 28.6 Å². The van der Waals surface area contributed by atoms with E-state index >= 15 is 0 Å². The zero-order valence-corrected chi connectivity index (χ0v) is 19.2. The summed E-state index contributed by atoms with van der Waals surface area (Å²) in [6.45, 7) is 11.1. The summed E-state index contributed by atoms with van der Waals surface area (Å²) in [5.74, 6) is 0. The molecule has 0 aliphatic heterocycles. The first-order valence-corrected chi connectivity index (χ1v) is 13.2. The van der Waals surface area contributed by atoms with E-state index in [1.165, 1.54) is 57.8 Å². The number of unbranched alkanes of at least 4 members (excludes halogenated alkanes) is 9. The molecule has 0 fully saturated rings. The molecule has 0 aliphatic rings. The van der Waals surface area contributed by atoms with E-state index in [4.69, 9.17) is 13.3 Å². The molecule has 0 aromatic carbocycles. The maximum absolute atomic E-state index is 6.33. The van der Waals surface area contributed by atoms with Crippen LogP contribution in [0.15, 0.2) is 12.2 Å². The Bertz CT molecular complexity index is 272. The Kier molecular flexibility index (Phi) is 19.5. The zero-order valence-electron chi connectivity index (χ0n) is 18.2. The summed E-state index contributed by atoms with van der Waals surface area (Å²) in [6, 6.07) is 0.804. The van der Waals surface area contributed by atoms with E-state index in [0.717, 1.165) is 45.1 Å². The van der Waals surface area contributed by atoms with Gasteiger partial charge in [0.2, 0.25) is 0 Å². The molecule has 0 amide bonds. The molecule has 4 heteroatoms. The third-order valence-electron chi connectivity index (χ3n) is 4.56. The van der Waals surface area contributed by atoms with E-state index < -0.39 is 8.80 Å². The average molecular weight is 387 g/mol. The van der Waals surface area contributed by atoms with Crippen molar-refractivity contribution >= 4 is 8.80 Å². The molecule has 0 aromatic heterocycles. The van der Waals surface area contributed by atoms with Gasteiger partial charge in [-0.15, -0.1) is 0 Å². The molecule has 0 N–H and O–H groups in total. The number of allylic oxidation sites excluding steroid dienone is 2. The van der Waals surface area contributed by atoms with Crippen LogP contribution in [-0.2, 0) is 13.3 Å². The molecule has 3 nitrogen and oxygen atoms in total. The normalized spacial score (nSPS) is 12.3. The van der Waals surface area contributed by atoms with Crippen molar-refractivity contribution in [2.45, 2.75) is 111 Å². The Morgan fingerprint density at radius 3 is 1.27 bits per heavy atom. The molecule has 0 spiro atoms. The van der Waals surface area contributed by atoms with Crippen molar-refractivity contribution in [3.05, 3.63) is 12.2 Å². The molecule has 0 heterocycles. The van der Waals surface area contributed by atoms with Crippen molar-refractivity contribution in [1.82, 2.24) is 0 Å². The van der Waals surface area contributed by atoms with Crippen LogP contribution < -0.4 is 0 Å². The predicted octanol–water partition coefficient (Wildman–Crippen LogP) is 7.29. The topological polar surface area (TPSA) is 27.7 Å². The van der Waals surface area contributed by atoms with Gasteiger partial charge >= 0.3 is 8.80 Å². The molecule has 0 atom stereocenters. The van der Waals surface area contributed by atoms with Gasteiger partial charge in [0, 0.05) is 25.9 Å². The van der Waals surface area contributed by atoms with Gasteiger partial charge in [0.15, 0.2) is 0 Å². The van der Waals surface area contributed by atoms with Crippen molar-refractivity contribution in [3.63, 3.8) is 0 Å². The van der Waals surface area contributed by atoms with Crippen LogP contribution in [0.5, 0.6) is 0 Å². The van der Waals surface area contributed by atoms with E-state index in [1.807, 2.05) is 0 Å². The predicted molar refractivity (Wildman–Crippen MR) is 116 cm³/mol. The zero-order chi connectivity index (χ0) is 19.3. The molecule has 0 unspecified atom stereocenters. The fourth-order valence-electron chi connectivity index (χ4n) is 2.83. The van der Waals surface area contributed by atoms with Gasteiger partial charge in [-0.05, 0) is 26.2 Å². The van der Waals surface area contributed by atoms with Gasteiger partial charge < -0.3 is 13.3 Å². The Hall–Kier alpha value is -0.163. The quantitative estimate of drug-likeness (QED) is 0.125. The van der Waals surface area contributed by atoms with Crippen LogP contribution in [0.4, 0.5) is 0 Å². The van der Waals surface area contributed by atoms with Crippen LogP contribution >= 0.6 is 0 Å². The fourth-order valence-corrected chi connectivity index (χ4v) is 5.33. The standard InChI is InChI=1S/C22H46O3Si/c1-5-9-13-16-19-23-26(22-12-8-4,24-20-17-14-10-6-2)25-21-18-15-11-7-3/h8,12H,5-7,9-11,13-22H2,1-4H3/b12-8+. The largest absolute Gasteiger partial charge is 0.504 e. The average Bonchev–Trinajstić information content (AvgIpc) is 2.65. The maximum Gasteiger partial charge on any atom is 0.504 e. The number of hydrogen-bond donors (Lipinski definition) is 0. The summed E-state index contributed by atoms with van der Waals surface area (Å²) in [4.78, 5) is 0. The SMILES string of the molecule is C/C=C/C[Si](OCCCCCC)(OCCCCCC)OCCCCCC. The van der Waals surface area contributed by atoms with E-state index in [9.17, 15) is 0 Å². The van der Waals surface area contributed by atoms with Gasteiger partial charge in [-0.2, -0.15) is 0 Å². The fraction of sp³-hybridized carbons (Fsp3) is 0.909. The lowest BCUT2D eigenvalue weighted by Crippen LogP contribution is -2.46. The lowest BCUT2D eigenvalue weighted by molar-refractivity contribution is 0.0579. The van der Waals surface area contributed by atoms with Gasteiger partial charge in [-0.25, -0.2) is 0 Å². The number of hydrogen-bond acceptors (Lipinski definition) is 3. The van der Waals surface area contributed by atoms with Crippen molar-refractivity contribution in [2.75, 3.05) is 19.8 Å². The molecular weight excluding hydrogens is 340 g/mol. The van der Waals surface area contributed by atoms with Crippen LogP contribution in [0.3, 0.4) is 0 Å². The highest BCUT2D eigenvalue weighted by Gasteiger charge is 2.39. The van der Waals surface area contributed by atoms with Crippen LogP contribution in [0.1, 0.15) is 105 Å². The molecule has 156 valence electrons. The first-order valence-electron chi connectivity index (χ1n) is 11.3. The van der Waals surface area contributed by atoms with Crippen molar-refractivity contribution < 1.29 is 13.3 Å². The minimum Gasteiger partial charge on any atom is -0.373 e. The third-order valence-corrected chi connectivity index (χ3v) is 7.23. The molecule has 0 aliphatic carbocycles. The van der Waals surface area contributed by atoms with Crippen molar-refractivity contribution in [3.8, 4) is 0 Å². The van der Waals surface area contributed by atoms with E-state index in [-0.39, 0.29) is 0 Å². The van der Waals surface area contributed by atoms with Crippen molar-refractivity contribution in [2.24, 2.45) is 0 Å². The summed E-state index contributed by atoms with van der Waals surface area (Å²) in [7, 11) is -2.58. The monoisotopic (exact) mass is 386 g/mol. The highest BCUT2D eigenvalue weighted by atomic mass is 28.4. The van der Waals surface area contributed by atoms with Gasteiger partial charge in [0.05, 0.1) is 0 Å². The summed E-state index contributed by atoms with van der Waals surface area (Å²) in [6.07, 6.45) is 18.9.